The molecule has 1 aliphatic rings. The number of carbonyl (C=O) groups is 1. The van der Waals surface area contributed by atoms with Crippen molar-refractivity contribution in [3.8, 4) is 0 Å². The molecule has 0 bridgehead atoms. The Morgan fingerprint density at radius 2 is 1.81 bits per heavy atom. The third-order valence-electron chi connectivity index (χ3n) is 5.08. The van der Waals surface area contributed by atoms with E-state index in [1.54, 1.807) is 11.1 Å². The SMILES string of the molecule is CN(Cc1cccc2cccnc12)C(=O)NCCN1Cc2ccccc2C1. The predicted molar refractivity (Wildman–Crippen MR) is 107 cm³/mol. The van der Waals surface area contributed by atoms with E-state index in [0.29, 0.717) is 13.1 Å². The van der Waals surface area contributed by atoms with Gasteiger partial charge < -0.3 is 10.2 Å². The highest BCUT2D eigenvalue weighted by Crippen LogP contribution is 2.21. The van der Waals surface area contributed by atoms with E-state index in [-0.39, 0.29) is 6.03 Å². The molecule has 1 aliphatic heterocycles. The van der Waals surface area contributed by atoms with E-state index in [1.807, 2.05) is 37.4 Å². The fraction of sp³-hybridized carbons (Fsp3) is 0.273. The van der Waals surface area contributed by atoms with Gasteiger partial charge in [-0.25, -0.2) is 4.79 Å². The molecule has 2 heterocycles. The van der Waals surface area contributed by atoms with Gasteiger partial charge in [0.2, 0.25) is 0 Å². The largest absolute Gasteiger partial charge is 0.337 e. The van der Waals surface area contributed by atoms with Crippen LogP contribution in [0.2, 0.25) is 0 Å². The highest BCUT2D eigenvalue weighted by molar-refractivity contribution is 5.82. The van der Waals surface area contributed by atoms with Crippen molar-refractivity contribution in [1.29, 1.82) is 0 Å². The quantitative estimate of drug-likeness (QED) is 0.759. The number of para-hydroxylation sites is 1. The topological polar surface area (TPSA) is 48.5 Å². The summed E-state index contributed by atoms with van der Waals surface area (Å²) in [6, 6.07) is 18.5. The van der Waals surface area contributed by atoms with Crippen LogP contribution in [-0.4, -0.2) is 41.0 Å². The molecule has 0 spiro atoms. The number of carbonyl (C=O) groups excluding carboxylic acids is 1. The number of amides is 2. The summed E-state index contributed by atoms with van der Waals surface area (Å²) >= 11 is 0. The lowest BCUT2D eigenvalue weighted by atomic mass is 10.1. The molecule has 0 saturated carbocycles. The van der Waals surface area contributed by atoms with Crippen LogP contribution >= 0.6 is 0 Å². The number of nitrogens with one attached hydrogen (secondary N) is 1. The molecule has 0 saturated heterocycles. The maximum Gasteiger partial charge on any atom is 0.317 e. The van der Waals surface area contributed by atoms with E-state index < -0.39 is 0 Å². The Kier molecular flexibility index (Phi) is 5.03. The minimum Gasteiger partial charge on any atom is -0.337 e. The monoisotopic (exact) mass is 360 g/mol. The fourth-order valence-corrected chi connectivity index (χ4v) is 3.64. The highest BCUT2D eigenvalue weighted by atomic mass is 16.2. The maximum absolute atomic E-state index is 12.5. The minimum atomic E-state index is -0.0559. The zero-order chi connectivity index (χ0) is 18.6. The fourth-order valence-electron chi connectivity index (χ4n) is 3.64. The summed E-state index contributed by atoms with van der Waals surface area (Å²) in [5, 5.41) is 4.12. The second-order valence-corrected chi connectivity index (χ2v) is 7.06. The molecule has 5 nitrogen and oxygen atoms in total. The number of pyridine rings is 1. The lowest BCUT2D eigenvalue weighted by Gasteiger charge is -2.20. The van der Waals surface area contributed by atoms with Crippen LogP contribution in [0.25, 0.3) is 10.9 Å². The van der Waals surface area contributed by atoms with Gasteiger partial charge in [-0.2, -0.15) is 0 Å². The van der Waals surface area contributed by atoms with Gasteiger partial charge in [0.25, 0.3) is 0 Å². The Morgan fingerprint density at radius 3 is 2.59 bits per heavy atom. The van der Waals surface area contributed by atoms with E-state index in [4.69, 9.17) is 0 Å². The molecular weight excluding hydrogens is 336 g/mol. The predicted octanol–water partition coefficient (Wildman–Crippen LogP) is 3.39. The first-order valence-electron chi connectivity index (χ1n) is 9.31. The van der Waals surface area contributed by atoms with Crippen molar-refractivity contribution >= 4 is 16.9 Å². The second-order valence-electron chi connectivity index (χ2n) is 7.06. The smallest absolute Gasteiger partial charge is 0.317 e. The van der Waals surface area contributed by atoms with E-state index in [0.717, 1.165) is 36.1 Å². The number of hydrogen-bond acceptors (Lipinski definition) is 3. The van der Waals surface area contributed by atoms with Gasteiger partial charge >= 0.3 is 6.03 Å². The molecule has 0 unspecified atom stereocenters. The number of benzene rings is 2. The van der Waals surface area contributed by atoms with Gasteiger partial charge in [-0.1, -0.05) is 48.5 Å². The van der Waals surface area contributed by atoms with Crippen LogP contribution in [0.1, 0.15) is 16.7 Å². The lowest BCUT2D eigenvalue weighted by molar-refractivity contribution is 0.203. The van der Waals surface area contributed by atoms with Crippen molar-refractivity contribution in [1.82, 2.24) is 20.1 Å². The molecule has 0 radical (unpaired) electrons. The van der Waals surface area contributed by atoms with Gasteiger partial charge in [0.05, 0.1) is 5.52 Å². The molecule has 5 heteroatoms. The van der Waals surface area contributed by atoms with Crippen LogP contribution in [0.5, 0.6) is 0 Å². The molecule has 1 aromatic heterocycles. The van der Waals surface area contributed by atoms with Gasteiger partial charge in [0.1, 0.15) is 0 Å². The highest BCUT2D eigenvalue weighted by Gasteiger charge is 2.18. The molecule has 2 amide bonds. The Labute approximate surface area is 159 Å². The van der Waals surface area contributed by atoms with Crippen LogP contribution in [0.15, 0.2) is 60.8 Å². The minimum absolute atomic E-state index is 0.0559. The van der Waals surface area contributed by atoms with E-state index >= 15 is 0 Å². The second kappa shape index (κ2) is 7.76. The van der Waals surface area contributed by atoms with Crippen molar-refractivity contribution in [2.45, 2.75) is 19.6 Å². The first-order chi connectivity index (χ1) is 13.2. The van der Waals surface area contributed by atoms with Crippen molar-refractivity contribution in [2.24, 2.45) is 0 Å². The summed E-state index contributed by atoms with van der Waals surface area (Å²) in [5.41, 5.74) is 4.80. The van der Waals surface area contributed by atoms with E-state index in [1.165, 1.54) is 11.1 Å². The Morgan fingerprint density at radius 1 is 1.07 bits per heavy atom. The molecule has 1 N–H and O–H groups in total. The Balaban J connectivity index is 1.28. The van der Waals surface area contributed by atoms with Crippen LogP contribution in [-0.2, 0) is 19.6 Å². The molecule has 2 aromatic carbocycles. The zero-order valence-electron chi connectivity index (χ0n) is 15.6. The van der Waals surface area contributed by atoms with Gasteiger partial charge in [-0.3, -0.25) is 9.88 Å². The summed E-state index contributed by atoms with van der Waals surface area (Å²) in [5.74, 6) is 0. The molecule has 27 heavy (non-hydrogen) atoms. The first kappa shape index (κ1) is 17.5. The van der Waals surface area contributed by atoms with Gasteiger partial charge in [0.15, 0.2) is 0 Å². The van der Waals surface area contributed by atoms with Crippen LogP contribution in [0, 0.1) is 0 Å². The number of fused-ring (bicyclic) bond motifs is 2. The Hall–Kier alpha value is -2.92. The van der Waals surface area contributed by atoms with Gasteiger partial charge in [-0.15, -0.1) is 0 Å². The van der Waals surface area contributed by atoms with Gasteiger partial charge in [-0.05, 0) is 22.8 Å². The van der Waals surface area contributed by atoms with Crippen molar-refractivity contribution in [3.63, 3.8) is 0 Å². The van der Waals surface area contributed by atoms with Crippen molar-refractivity contribution in [2.75, 3.05) is 20.1 Å². The molecular formula is C22H24N4O. The molecule has 3 aromatic rings. The molecule has 0 atom stereocenters. The molecule has 138 valence electrons. The van der Waals surface area contributed by atoms with Crippen molar-refractivity contribution in [3.05, 3.63) is 77.5 Å². The van der Waals surface area contributed by atoms with Crippen LogP contribution < -0.4 is 5.32 Å². The molecule has 4 rings (SSSR count). The normalized spacial score (nSPS) is 13.5. The molecule has 0 fully saturated rings. The lowest BCUT2D eigenvalue weighted by Crippen LogP contribution is -2.40. The standard InChI is InChI=1S/C22H24N4O/c1-25(14-20-9-4-8-17-10-5-11-23-21(17)20)22(27)24-12-13-26-15-18-6-2-3-7-19(18)16-26/h2-11H,12-16H2,1H3,(H,24,27). The number of nitrogens with zero attached hydrogens (tertiary/aromatic N) is 3. The first-order valence-corrected chi connectivity index (χ1v) is 9.31. The summed E-state index contributed by atoms with van der Waals surface area (Å²) in [6.07, 6.45) is 1.79. The van der Waals surface area contributed by atoms with Gasteiger partial charge in [0, 0.05) is 51.4 Å². The van der Waals surface area contributed by atoms with Crippen LogP contribution in [0.3, 0.4) is 0 Å². The van der Waals surface area contributed by atoms with Crippen LogP contribution in [0.4, 0.5) is 4.79 Å². The zero-order valence-corrected chi connectivity index (χ0v) is 15.6. The summed E-state index contributed by atoms with van der Waals surface area (Å²) in [7, 11) is 1.82. The summed E-state index contributed by atoms with van der Waals surface area (Å²) in [4.78, 5) is 21.0. The average Bonchev–Trinajstić information content (AvgIpc) is 3.11. The number of hydrogen-bond donors (Lipinski definition) is 1. The number of rotatable bonds is 5. The number of aromatic nitrogens is 1. The summed E-state index contributed by atoms with van der Waals surface area (Å²) < 4.78 is 0. The van der Waals surface area contributed by atoms with E-state index in [2.05, 4.69) is 39.5 Å². The third-order valence-corrected chi connectivity index (χ3v) is 5.08. The van der Waals surface area contributed by atoms with Crippen molar-refractivity contribution < 1.29 is 4.79 Å². The van der Waals surface area contributed by atoms with E-state index in [9.17, 15) is 4.79 Å². The Bertz CT molecular complexity index is 925. The number of urea groups is 1. The summed E-state index contributed by atoms with van der Waals surface area (Å²) in [6.45, 7) is 3.96. The maximum atomic E-state index is 12.5. The third kappa shape index (κ3) is 3.93. The average molecular weight is 360 g/mol. The molecule has 0 aliphatic carbocycles.